The van der Waals surface area contributed by atoms with E-state index in [1.54, 1.807) is 0 Å². The van der Waals surface area contributed by atoms with E-state index in [-0.39, 0.29) is 11.8 Å². The van der Waals surface area contributed by atoms with E-state index < -0.39 is 0 Å². The number of unbranched alkanes of at least 4 members (excludes halogenated alkanes) is 4. The highest BCUT2D eigenvalue weighted by Gasteiger charge is 2.06. The number of carbonyl (C=O) groups is 2. The topological polar surface area (TPSA) is 46.5 Å². The van der Waals surface area contributed by atoms with Gasteiger partial charge < -0.3 is 0 Å². The monoisotopic (exact) mass is 295 g/mol. The molecule has 0 amide bonds. The summed E-state index contributed by atoms with van der Waals surface area (Å²) in [6, 6.07) is 0. The van der Waals surface area contributed by atoms with Crippen LogP contribution in [-0.4, -0.2) is 24.3 Å². The zero-order valence-electron chi connectivity index (χ0n) is 14.4. The molecule has 0 spiro atoms. The number of rotatable bonds is 13. The van der Waals surface area contributed by atoms with E-state index in [1.807, 2.05) is 33.9 Å². The molecule has 0 rings (SSSR count). The van der Waals surface area contributed by atoms with Crippen LogP contribution in [0.3, 0.4) is 0 Å². The summed E-state index contributed by atoms with van der Waals surface area (Å²) in [6.45, 7) is 8.67. The summed E-state index contributed by atoms with van der Waals surface area (Å²) in [5.74, 6) is 1.02. The fourth-order valence-electron chi connectivity index (χ4n) is 2.00. The fourth-order valence-corrected chi connectivity index (χ4v) is 2.00. The van der Waals surface area contributed by atoms with Gasteiger partial charge in [-0.1, -0.05) is 47.0 Å². The summed E-state index contributed by atoms with van der Waals surface area (Å²) in [4.78, 5) is 27.1. The van der Waals surface area contributed by atoms with E-state index in [0.717, 1.165) is 38.6 Å². The van der Waals surface area contributed by atoms with Crippen molar-refractivity contribution in [3.63, 3.8) is 0 Å². The number of ketones is 2. The number of hydrogen-bond acceptors (Lipinski definition) is 3. The first kappa shape index (κ1) is 20.0. The molecular formula is C18H33NO2. The summed E-state index contributed by atoms with van der Waals surface area (Å²) >= 11 is 0. The molecule has 0 aliphatic carbocycles. The molecule has 0 heterocycles. The zero-order valence-corrected chi connectivity index (χ0v) is 14.4. The van der Waals surface area contributed by atoms with E-state index >= 15 is 0 Å². The first-order chi connectivity index (χ1) is 9.95. The van der Waals surface area contributed by atoms with Crippen LogP contribution in [0.2, 0.25) is 0 Å². The van der Waals surface area contributed by atoms with Gasteiger partial charge in [-0.05, 0) is 25.5 Å². The molecule has 0 bridgehead atoms. The molecule has 0 radical (unpaired) electrons. The maximum atomic E-state index is 11.4. The second-order valence-electron chi connectivity index (χ2n) is 6.39. The quantitative estimate of drug-likeness (QED) is 0.367. The van der Waals surface area contributed by atoms with Crippen LogP contribution in [0.25, 0.3) is 0 Å². The standard InChI is InChI=1S/C18H33NO2/c1-15(2)17(20)11-8-6-5-7-9-13-19-14-10-12-18(21)16(3)4/h14-16H,5-13H2,1-4H3. The maximum Gasteiger partial charge on any atom is 0.135 e. The Labute approximate surface area is 130 Å². The van der Waals surface area contributed by atoms with E-state index in [2.05, 4.69) is 4.99 Å². The highest BCUT2D eigenvalue weighted by atomic mass is 16.1. The molecule has 0 atom stereocenters. The minimum Gasteiger partial charge on any atom is -0.299 e. The van der Waals surface area contributed by atoms with E-state index in [0.29, 0.717) is 18.0 Å². The van der Waals surface area contributed by atoms with Crippen LogP contribution in [-0.2, 0) is 9.59 Å². The van der Waals surface area contributed by atoms with Gasteiger partial charge in [-0.25, -0.2) is 0 Å². The SMILES string of the molecule is CC(C)C(=O)CCC=NCCCCCCCC(=O)C(C)C. The first-order valence-corrected chi connectivity index (χ1v) is 8.48. The van der Waals surface area contributed by atoms with Gasteiger partial charge in [-0.3, -0.25) is 14.6 Å². The molecule has 0 aromatic carbocycles. The number of Topliss-reactive ketones (excluding diaryl/α,β-unsaturated/α-hetero) is 2. The van der Waals surface area contributed by atoms with Crippen molar-refractivity contribution in [3.8, 4) is 0 Å². The summed E-state index contributed by atoms with van der Waals surface area (Å²) < 4.78 is 0. The Morgan fingerprint density at radius 1 is 0.810 bits per heavy atom. The first-order valence-electron chi connectivity index (χ1n) is 8.48. The van der Waals surface area contributed by atoms with Gasteiger partial charge in [0.25, 0.3) is 0 Å². The molecule has 3 heteroatoms. The molecular weight excluding hydrogens is 262 g/mol. The van der Waals surface area contributed by atoms with E-state index in [9.17, 15) is 9.59 Å². The summed E-state index contributed by atoms with van der Waals surface area (Å²) in [5.41, 5.74) is 0. The van der Waals surface area contributed by atoms with Gasteiger partial charge >= 0.3 is 0 Å². The van der Waals surface area contributed by atoms with Gasteiger partial charge in [0, 0.05) is 31.2 Å². The lowest BCUT2D eigenvalue weighted by Gasteiger charge is -2.03. The predicted molar refractivity (Wildman–Crippen MR) is 90.0 cm³/mol. The van der Waals surface area contributed by atoms with Crippen molar-refractivity contribution in [2.45, 2.75) is 79.1 Å². The second-order valence-corrected chi connectivity index (χ2v) is 6.39. The van der Waals surface area contributed by atoms with Crippen molar-refractivity contribution in [3.05, 3.63) is 0 Å². The fraction of sp³-hybridized carbons (Fsp3) is 0.833. The average Bonchev–Trinajstić information content (AvgIpc) is 2.43. The van der Waals surface area contributed by atoms with Crippen LogP contribution in [0.4, 0.5) is 0 Å². The van der Waals surface area contributed by atoms with Gasteiger partial charge in [0.05, 0.1) is 0 Å². The normalized spacial score (nSPS) is 11.7. The zero-order chi connectivity index (χ0) is 16.1. The van der Waals surface area contributed by atoms with Crippen molar-refractivity contribution >= 4 is 17.8 Å². The lowest BCUT2D eigenvalue weighted by atomic mass is 10.0. The van der Waals surface area contributed by atoms with Crippen LogP contribution < -0.4 is 0 Å². The number of hydrogen-bond donors (Lipinski definition) is 0. The van der Waals surface area contributed by atoms with E-state index in [1.165, 1.54) is 12.8 Å². The molecule has 122 valence electrons. The number of carbonyl (C=O) groups excluding carboxylic acids is 2. The molecule has 21 heavy (non-hydrogen) atoms. The lowest BCUT2D eigenvalue weighted by molar-refractivity contribution is -0.122. The smallest absolute Gasteiger partial charge is 0.135 e. The van der Waals surface area contributed by atoms with Crippen molar-refractivity contribution < 1.29 is 9.59 Å². The minimum absolute atomic E-state index is 0.140. The van der Waals surface area contributed by atoms with Gasteiger partial charge in [0.15, 0.2) is 0 Å². The largest absolute Gasteiger partial charge is 0.299 e. The predicted octanol–water partition coefficient (Wildman–Crippen LogP) is 4.63. The highest BCUT2D eigenvalue weighted by molar-refractivity contribution is 5.82. The molecule has 0 saturated heterocycles. The third-order valence-corrected chi connectivity index (χ3v) is 3.65. The Morgan fingerprint density at radius 3 is 1.95 bits per heavy atom. The number of aliphatic imine (C=N–C) groups is 1. The molecule has 0 aliphatic rings. The maximum absolute atomic E-state index is 11.4. The van der Waals surface area contributed by atoms with Gasteiger partial charge in [-0.15, -0.1) is 0 Å². The van der Waals surface area contributed by atoms with Crippen molar-refractivity contribution in [1.29, 1.82) is 0 Å². The van der Waals surface area contributed by atoms with Crippen LogP contribution in [0.5, 0.6) is 0 Å². The van der Waals surface area contributed by atoms with Crippen molar-refractivity contribution in [2.75, 3.05) is 6.54 Å². The average molecular weight is 295 g/mol. The number of nitrogens with zero attached hydrogens (tertiary/aromatic N) is 1. The summed E-state index contributed by atoms with van der Waals surface area (Å²) in [6.07, 6.45) is 9.65. The van der Waals surface area contributed by atoms with Crippen LogP contribution in [0.15, 0.2) is 4.99 Å². The molecule has 0 fully saturated rings. The molecule has 0 aliphatic heterocycles. The lowest BCUT2D eigenvalue weighted by Crippen LogP contribution is -2.06. The Morgan fingerprint density at radius 2 is 1.33 bits per heavy atom. The molecule has 0 aromatic heterocycles. The third kappa shape index (κ3) is 12.5. The van der Waals surface area contributed by atoms with Crippen molar-refractivity contribution in [2.24, 2.45) is 16.8 Å². The molecule has 0 aromatic rings. The van der Waals surface area contributed by atoms with Gasteiger partial charge in [0.1, 0.15) is 11.6 Å². The van der Waals surface area contributed by atoms with Crippen LogP contribution in [0.1, 0.15) is 79.1 Å². The van der Waals surface area contributed by atoms with E-state index in [4.69, 9.17) is 0 Å². The molecule has 3 nitrogen and oxygen atoms in total. The minimum atomic E-state index is 0.140. The molecule has 0 saturated carbocycles. The molecule has 0 unspecified atom stereocenters. The van der Waals surface area contributed by atoms with Gasteiger partial charge in [0.2, 0.25) is 0 Å². The summed E-state index contributed by atoms with van der Waals surface area (Å²) in [7, 11) is 0. The molecule has 0 N–H and O–H groups in total. The van der Waals surface area contributed by atoms with Crippen LogP contribution >= 0.6 is 0 Å². The Kier molecular flexibility index (Phi) is 12.1. The van der Waals surface area contributed by atoms with Gasteiger partial charge in [-0.2, -0.15) is 0 Å². The Balaban J connectivity index is 3.33. The highest BCUT2D eigenvalue weighted by Crippen LogP contribution is 2.09. The summed E-state index contributed by atoms with van der Waals surface area (Å²) in [5, 5.41) is 0. The Bertz CT molecular complexity index is 319. The third-order valence-electron chi connectivity index (χ3n) is 3.65. The van der Waals surface area contributed by atoms with Crippen molar-refractivity contribution in [1.82, 2.24) is 0 Å². The van der Waals surface area contributed by atoms with Crippen LogP contribution in [0, 0.1) is 11.8 Å². The second kappa shape index (κ2) is 12.7. The Hall–Kier alpha value is -0.990.